The summed E-state index contributed by atoms with van der Waals surface area (Å²) in [4.78, 5) is 0. The Morgan fingerprint density at radius 1 is 1.43 bits per heavy atom. The molecule has 2 fully saturated rings. The first kappa shape index (κ1) is 10.2. The lowest BCUT2D eigenvalue weighted by molar-refractivity contribution is 0.293. The van der Waals surface area contributed by atoms with Crippen molar-refractivity contribution in [1.82, 2.24) is 5.32 Å². The fraction of sp³-hybridized carbons (Fsp3) is 0.846. The van der Waals surface area contributed by atoms with E-state index < -0.39 is 0 Å². The molecule has 0 aliphatic heterocycles. The molecule has 0 heterocycles. The smallest absolute Gasteiger partial charge is 0.0274 e. The number of nitrogens with one attached hydrogen (secondary N) is 1. The summed E-state index contributed by atoms with van der Waals surface area (Å²) in [5.74, 6) is 3.12. The van der Waals surface area contributed by atoms with Gasteiger partial charge in [-0.05, 0) is 57.4 Å². The van der Waals surface area contributed by atoms with Crippen LogP contribution >= 0.6 is 0 Å². The number of fused-ring (bicyclic) bond motifs is 2. The van der Waals surface area contributed by atoms with E-state index in [0.717, 1.165) is 17.8 Å². The van der Waals surface area contributed by atoms with Gasteiger partial charge in [-0.15, -0.1) is 0 Å². The van der Waals surface area contributed by atoms with Crippen molar-refractivity contribution in [3.63, 3.8) is 0 Å². The summed E-state index contributed by atoms with van der Waals surface area (Å²) >= 11 is 0. The molecule has 2 aliphatic rings. The van der Waals surface area contributed by atoms with Gasteiger partial charge in [-0.25, -0.2) is 0 Å². The molecule has 2 bridgehead atoms. The minimum atomic E-state index is 0.555. The van der Waals surface area contributed by atoms with E-state index in [2.05, 4.69) is 25.9 Å². The van der Waals surface area contributed by atoms with Crippen LogP contribution in [0.1, 0.15) is 39.0 Å². The summed E-state index contributed by atoms with van der Waals surface area (Å²) in [6, 6.07) is 0.555. The standard InChI is InChI=1S/C13H23N/c1-9(2)13(14-3)8-12-7-10-4-5-11(12)6-10/h10-14H,1,4-8H2,2-3H3. The molecule has 1 heteroatoms. The van der Waals surface area contributed by atoms with Crippen LogP contribution in [-0.4, -0.2) is 13.1 Å². The third-order valence-electron chi connectivity index (χ3n) is 4.37. The normalized spacial score (nSPS) is 37.4. The maximum absolute atomic E-state index is 4.07. The van der Waals surface area contributed by atoms with E-state index in [0.29, 0.717) is 6.04 Å². The lowest BCUT2D eigenvalue weighted by Gasteiger charge is -2.26. The molecule has 0 aromatic heterocycles. The summed E-state index contributed by atoms with van der Waals surface area (Å²) in [7, 11) is 2.06. The highest BCUT2D eigenvalue weighted by Crippen LogP contribution is 2.50. The van der Waals surface area contributed by atoms with Gasteiger partial charge in [0.15, 0.2) is 0 Å². The Hall–Kier alpha value is -0.300. The SMILES string of the molecule is C=C(C)C(CC1CC2CCC1C2)NC. The van der Waals surface area contributed by atoms with Crippen LogP contribution in [0.5, 0.6) is 0 Å². The van der Waals surface area contributed by atoms with E-state index in [4.69, 9.17) is 0 Å². The van der Waals surface area contributed by atoms with Gasteiger partial charge < -0.3 is 5.32 Å². The van der Waals surface area contributed by atoms with Gasteiger partial charge in [0, 0.05) is 6.04 Å². The first-order valence-electron chi connectivity index (χ1n) is 6.03. The summed E-state index contributed by atoms with van der Waals surface area (Å²) in [6.07, 6.45) is 7.36. The molecular formula is C13H23N. The first-order chi connectivity index (χ1) is 6.70. The monoisotopic (exact) mass is 193 g/mol. The number of hydrogen-bond donors (Lipinski definition) is 1. The number of hydrogen-bond acceptors (Lipinski definition) is 1. The van der Waals surface area contributed by atoms with Gasteiger partial charge in [0.2, 0.25) is 0 Å². The Morgan fingerprint density at radius 3 is 2.64 bits per heavy atom. The van der Waals surface area contributed by atoms with E-state index in [1.807, 2.05) is 0 Å². The molecule has 2 aliphatic carbocycles. The van der Waals surface area contributed by atoms with Crippen LogP contribution < -0.4 is 5.32 Å². The molecule has 4 atom stereocenters. The average molecular weight is 193 g/mol. The predicted octanol–water partition coefficient (Wildman–Crippen LogP) is 2.98. The van der Waals surface area contributed by atoms with Crippen LogP contribution in [0.3, 0.4) is 0 Å². The molecule has 0 aromatic carbocycles. The van der Waals surface area contributed by atoms with Crippen LogP contribution in [0.4, 0.5) is 0 Å². The van der Waals surface area contributed by atoms with Gasteiger partial charge in [0.25, 0.3) is 0 Å². The second-order valence-electron chi connectivity index (χ2n) is 5.36. The summed E-state index contributed by atoms with van der Waals surface area (Å²) in [5, 5.41) is 3.39. The molecule has 0 amide bonds. The molecule has 1 nitrogen and oxygen atoms in total. The molecule has 0 aromatic rings. The zero-order chi connectivity index (χ0) is 10.1. The van der Waals surface area contributed by atoms with Crippen molar-refractivity contribution in [2.75, 3.05) is 7.05 Å². The topological polar surface area (TPSA) is 12.0 Å². The highest BCUT2D eigenvalue weighted by atomic mass is 14.9. The number of likely N-dealkylation sites (N-methyl/N-ethyl adjacent to an activating group) is 1. The fourth-order valence-electron chi connectivity index (χ4n) is 3.53. The Balaban J connectivity index is 1.88. The van der Waals surface area contributed by atoms with Gasteiger partial charge in [-0.1, -0.05) is 18.6 Å². The van der Waals surface area contributed by atoms with Crippen molar-refractivity contribution in [2.45, 2.75) is 45.1 Å². The van der Waals surface area contributed by atoms with Crippen LogP contribution in [0.2, 0.25) is 0 Å². The van der Waals surface area contributed by atoms with E-state index in [-0.39, 0.29) is 0 Å². The number of rotatable bonds is 4. The molecule has 4 unspecified atom stereocenters. The minimum Gasteiger partial charge on any atom is -0.313 e. The first-order valence-corrected chi connectivity index (χ1v) is 6.03. The minimum absolute atomic E-state index is 0.555. The van der Waals surface area contributed by atoms with Crippen LogP contribution in [-0.2, 0) is 0 Å². The lowest BCUT2D eigenvalue weighted by Crippen LogP contribution is -2.30. The molecule has 1 N–H and O–H groups in total. The second-order valence-corrected chi connectivity index (χ2v) is 5.36. The third-order valence-corrected chi connectivity index (χ3v) is 4.37. The van der Waals surface area contributed by atoms with E-state index in [9.17, 15) is 0 Å². The van der Waals surface area contributed by atoms with E-state index >= 15 is 0 Å². The van der Waals surface area contributed by atoms with Crippen molar-refractivity contribution in [2.24, 2.45) is 17.8 Å². The molecule has 2 saturated carbocycles. The van der Waals surface area contributed by atoms with Gasteiger partial charge in [-0.3, -0.25) is 0 Å². The van der Waals surface area contributed by atoms with Crippen LogP contribution in [0.15, 0.2) is 12.2 Å². The Kier molecular flexibility index (Phi) is 2.96. The Morgan fingerprint density at radius 2 is 2.21 bits per heavy atom. The largest absolute Gasteiger partial charge is 0.313 e. The van der Waals surface area contributed by atoms with Gasteiger partial charge in [-0.2, -0.15) is 0 Å². The molecule has 80 valence electrons. The van der Waals surface area contributed by atoms with E-state index in [1.165, 1.54) is 37.7 Å². The zero-order valence-corrected chi connectivity index (χ0v) is 9.55. The molecule has 2 rings (SSSR count). The predicted molar refractivity (Wildman–Crippen MR) is 61.2 cm³/mol. The zero-order valence-electron chi connectivity index (χ0n) is 9.55. The van der Waals surface area contributed by atoms with Gasteiger partial charge in [0.1, 0.15) is 0 Å². The van der Waals surface area contributed by atoms with Crippen molar-refractivity contribution in [3.05, 3.63) is 12.2 Å². The quantitative estimate of drug-likeness (QED) is 0.677. The molecule has 0 radical (unpaired) electrons. The maximum atomic E-state index is 4.07. The van der Waals surface area contributed by atoms with Gasteiger partial charge in [0.05, 0.1) is 0 Å². The third kappa shape index (κ3) is 1.88. The lowest BCUT2D eigenvalue weighted by atomic mass is 9.83. The summed E-state index contributed by atoms with van der Waals surface area (Å²) < 4.78 is 0. The van der Waals surface area contributed by atoms with E-state index in [1.54, 1.807) is 0 Å². The highest BCUT2D eigenvalue weighted by Gasteiger charge is 2.39. The van der Waals surface area contributed by atoms with Crippen molar-refractivity contribution >= 4 is 0 Å². The van der Waals surface area contributed by atoms with Crippen molar-refractivity contribution in [3.8, 4) is 0 Å². The molecule has 14 heavy (non-hydrogen) atoms. The Labute approximate surface area is 88.0 Å². The molecular weight excluding hydrogens is 170 g/mol. The Bertz CT molecular complexity index is 221. The highest BCUT2D eigenvalue weighted by molar-refractivity contribution is 5.03. The van der Waals surface area contributed by atoms with Crippen LogP contribution in [0, 0.1) is 17.8 Å². The molecule has 0 spiro atoms. The van der Waals surface area contributed by atoms with Crippen molar-refractivity contribution < 1.29 is 0 Å². The second kappa shape index (κ2) is 4.06. The average Bonchev–Trinajstić information content (AvgIpc) is 2.74. The fourth-order valence-corrected chi connectivity index (χ4v) is 3.53. The van der Waals surface area contributed by atoms with Crippen LogP contribution in [0.25, 0.3) is 0 Å². The van der Waals surface area contributed by atoms with Gasteiger partial charge >= 0.3 is 0 Å². The maximum Gasteiger partial charge on any atom is 0.0274 e. The van der Waals surface area contributed by atoms with Crippen molar-refractivity contribution in [1.29, 1.82) is 0 Å². The molecule has 0 saturated heterocycles. The summed E-state index contributed by atoms with van der Waals surface area (Å²) in [6.45, 7) is 6.22. The summed E-state index contributed by atoms with van der Waals surface area (Å²) in [5.41, 5.74) is 1.30.